The van der Waals surface area contributed by atoms with Crippen molar-refractivity contribution in [3.05, 3.63) is 12.7 Å². The molecule has 0 fully saturated rings. The maximum atomic E-state index is 11.6. The van der Waals surface area contributed by atoms with E-state index in [1.807, 2.05) is 6.92 Å². The van der Waals surface area contributed by atoms with Gasteiger partial charge in [-0.05, 0) is 45.3 Å². The van der Waals surface area contributed by atoms with Crippen LogP contribution in [0.15, 0.2) is 12.7 Å². The Kier molecular flexibility index (Phi) is 13.5. The van der Waals surface area contributed by atoms with Gasteiger partial charge in [-0.25, -0.2) is 4.79 Å². The molecule has 5 nitrogen and oxygen atoms in total. The second kappa shape index (κ2) is 14.2. The third kappa shape index (κ3) is 14.4. The van der Waals surface area contributed by atoms with Crippen LogP contribution < -0.4 is 0 Å². The Morgan fingerprint density at radius 1 is 0.958 bits per heavy atom. The maximum Gasteiger partial charge on any atom is 0.330 e. The van der Waals surface area contributed by atoms with Crippen molar-refractivity contribution in [2.24, 2.45) is 0 Å². The molecule has 0 aromatic carbocycles. The lowest BCUT2D eigenvalue weighted by Gasteiger charge is -2.21. The van der Waals surface area contributed by atoms with Gasteiger partial charge in [0.25, 0.3) is 0 Å². The summed E-state index contributed by atoms with van der Waals surface area (Å²) in [7, 11) is -1.45. The van der Waals surface area contributed by atoms with Gasteiger partial charge < -0.3 is 13.9 Å². The van der Waals surface area contributed by atoms with Crippen LogP contribution in [0.2, 0.25) is 19.1 Å². The molecule has 6 heteroatoms. The average Bonchev–Trinajstić information content (AvgIpc) is 2.53. The molecule has 0 aliphatic carbocycles. The molecule has 0 aromatic rings. The van der Waals surface area contributed by atoms with Gasteiger partial charge in [-0.1, -0.05) is 25.8 Å². The predicted molar refractivity (Wildman–Crippen MR) is 98.3 cm³/mol. The first-order chi connectivity index (χ1) is 11.4. The molecule has 0 N–H and O–H groups in total. The molecule has 0 atom stereocenters. The largest absolute Gasteiger partial charge is 0.466 e. The molecular formula is C18H34O5Si. The van der Waals surface area contributed by atoms with Crippen LogP contribution in [-0.4, -0.2) is 40.1 Å². The Labute approximate surface area is 147 Å². The van der Waals surface area contributed by atoms with Gasteiger partial charge in [-0.3, -0.25) is 4.79 Å². The molecule has 0 aliphatic heterocycles. The second-order valence-electron chi connectivity index (χ2n) is 6.41. The lowest BCUT2D eigenvalue weighted by atomic mass is 10.1. The molecule has 0 saturated carbocycles. The number of unbranched alkanes of at least 4 members (excludes halogenated alkanes) is 4. The van der Waals surface area contributed by atoms with E-state index in [0.717, 1.165) is 31.9 Å². The van der Waals surface area contributed by atoms with Gasteiger partial charge in [0.05, 0.1) is 13.2 Å². The van der Waals surface area contributed by atoms with E-state index in [2.05, 4.69) is 19.7 Å². The quantitative estimate of drug-likeness (QED) is 0.190. The standard InChI is InChI=1S/C18H34O5Si/c1-5-17(19)21-14-10-11-15-22-18(20)13-9-7-8-12-16-24(3,4)23-6-2/h5H,1,6-16H2,2-4H3. The van der Waals surface area contributed by atoms with Gasteiger partial charge in [0.15, 0.2) is 8.32 Å². The van der Waals surface area contributed by atoms with E-state index in [4.69, 9.17) is 13.9 Å². The Hall–Kier alpha value is -1.14. The van der Waals surface area contributed by atoms with Crippen LogP contribution in [-0.2, 0) is 23.5 Å². The van der Waals surface area contributed by atoms with Crippen LogP contribution in [0.1, 0.15) is 51.9 Å². The summed E-state index contributed by atoms with van der Waals surface area (Å²) in [6.45, 7) is 11.4. The number of hydrogen-bond acceptors (Lipinski definition) is 5. The van der Waals surface area contributed by atoms with E-state index in [9.17, 15) is 9.59 Å². The summed E-state index contributed by atoms with van der Waals surface area (Å²) < 4.78 is 15.8. The van der Waals surface area contributed by atoms with Gasteiger partial charge in [0.1, 0.15) is 0 Å². The van der Waals surface area contributed by atoms with Crippen LogP contribution in [0.5, 0.6) is 0 Å². The zero-order valence-electron chi connectivity index (χ0n) is 15.6. The fourth-order valence-corrected chi connectivity index (χ4v) is 4.36. The molecule has 0 aliphatic rings. The van der Waals surface area contributed by atoms with Crippen molar-refractivity contribution in [1.29, 1.82) is 0 Å². The highest BCUT2D eigenvalue weighted by molar-refractivity contribution is 6.71. The minimum absolute atomic E-state index is 0.137. The SMILES string of the molecule is C=CC(=O)OCCCCOC(=O)CCCCCC[Si](C)(C)OCC. The summed E-state index contributed by atoms with van der Waals surface area (Å²) in [6.07, 6.45) is 7.27. The normalized spacial score (nSPS) is 11.1. The number of carbonyl (C=O) groups is 2. The van der Waals surface area contributed by atoms with Crippen LogP contribution in [0.3, 0.4) is 0 Å². The molecule has 0 saturated heterocycles. The summed E-state index contributed by atoms with van der Waals surface area (Å²) in [5.41, 5.74) is 0. The van der Waals surface area contributed by atoms with E-state index in [-0.39, 0.29) is 5.97 Å². The molecule has 0 radical (unpaired) electrons. The maximum absolute atomic E-state index is 11.6. The van der Waals surface area contributed by atoms with Gasteiger partial charge >= 0.3 is 11.9 Å². The molecule has 0 rings (SSSR count). The molecule has 0 aromatic heterocycles. The van der Waals surface area contributed by atoms with Crippen molar-refractivity contribution < 1.29 is 23.5 Å². The third-order valence-corrected chi connectivity index (χ3v) is 6.29. The van der Waals surface area contributed by atoms with Crippen LogP contribution in [0.25, 0.3) is 0 Å². The molecule has 0 spiro atoms. The van der Waals surface area contributed by atoms with Crippen molar-refractivity contribution in [2.45, 2.75) is 71.0 Å². The number of carbonyl (C=O) groups excluding carboxylic acids is 2. The van der Waals surface area contributed by atoms with Crippen LogP contribution >= 0.6 is 0 Å². The molecule has 0 bridgehead atoms. The lowest BCUT2D eigenvalue weighted by Crippen LogP contribution is -2.29. The third-order valence-electron chi connectivity index (χ3n) is 3.66. The second-order valence-corrected chi connectivity index (χ2v) is 10.7. The topological polar surface area (TPSA) is 61.8 Å². The van der Waals surface area contributed by atoms with E-state index in [1.165, 1.54) is 12.5 Å². The molecule has 24 heavy (non-hydrogen) atoms. The van der Waals surface area contributed by atoms with Gasteiger partial charge in [-0.2, -0.15) is 0 Å². The first-order valence-electron chi connectivity index (χ1n) is 9.00. The van der Waals surface area contributed by atoms with Gasteiger partial charge in [0, 0.05) is 19.1 Å². The summed E-state index contributed by atoms with van der Waals surface area (Å²) in [6, 6.07) is 1.18. The number of esters is 2. The minimum atomic E-state index is -1.45. The van der Waals surface area contributed by atoms with Crippen molar-refractivity contribution in [3.63, 3.8) is 0 Å². The summed E-state index contributed by atoms with van der Waals surface area (Å²) in [5.74, 6) is -0.554. The first-order valence-corrected chi connectivity index (χ1v) is 12.1. The highest BCUT2D eigenvalue weighted by atomic mass is 28.4. The summed E-state index contributed by atoms with van der Waals surface area (Å²) >= 11 is 0. The number of ether oxygens (including phenoxy) is 2. The van der Waals surface area contributed by atoms with Crippen LogP contribution in [0.4, 0.5) is 0 Å². The fourth-order valence-electron chi connectivity index (χ4n) is 2.33. The predicted octanol–water partition coefficient (Wildman–Crippen LogP) is 4.23. The molecule has 0 heterocycles. The molecule has 140 valence electrons. The lowest BCUT2D eigenvalue weighted by molar-refractivity contribution is -0.144. The minimum Gasteiger partial charge on any atom is -0.466 e. The van der Waals surface area contributed by atoms with E-state index < -0.39 is 14.3 Å². The smallest absolute Gasteiger partial charge is 0.330 e. The Morgan fingerprint density at radius 3 is 2.21 bits per heavy atom. The Bertz CT molecular complexity index is 368. The fraction of sp³-hybridized carbons (Fsp3) is 0.778. The first kappa shape index (κ1) is 22.9. The summed E-state index contributed by atoms with van der Waals surface area (Å²) in [5, 5.41) is 0. The van der Waals surface area contributed by atoms with Crippen molar-refractivity contribution in [1.82, 2.24) is 0 Å². The van der Waals surface area contributed by atoms with Crippen molar-refractivity contribution in [2.75, 3.05) is 19.8 Å². The zero-order valence-corrected chi connectivity index (χ0v) is 16.6. The molecular weight excluding hydrogens is 324 g/mol. The molecule has 0 amide bonds. The van der Waals surface area contributed by atoms with Crippen molar-refractivity contribution in [3.8, 4) is 0 Å². The van der Waals surface area contributed by atoms with Gasteiger partial charge in [-0.15, -0.1) is 0 Å². The molecule has 0 unspecified atom stereocenters. The van der Waals surface area contributed by atoms with E-state index >= 15 is 0 Å². The highest BCUT2D eigenvalue weighted by Crippen LogP contribution is 2.17. The highest BCUT2D eigenvalue weighted by Gasteiger charge is 2.20. The average molecular weight is 359 g/mol. The van der Waals surface area contributed by atoms with E-state index in [0.29, 0.717) is 32.5 Å². The number of hydrogen-bond donors (Lipinski definition) is 0. The van der Waals surface area contributed by atoms with E-state index in [1.54, 1.807) is 0 Å². The van der Waals surface area contributed by atoms with Crippen LogP contribution in [0, 0.1) is 0 Å². The Balaban J connectivity index is 3.41. The van der Waals surface area contributed by atoms with Crippen molar-refractivity contribution >= 4 is 20.3 Å². The number of rotatable bonds is 15. The Morgan fingerprint density at radius 2 is 1.58 bits per heavy atom. The monoisotopic (exact) mass is 358 g/mol. The zero-order chi connectivity index (χ0) is 18.3. The van der Waals surface area contributed by atoms with Gasteiger partial charge in [0.2, 0.25) is 0 Å². The summed E-state index contributed by atoms with van der Waals surface area (Å²) in [4.78, 5) is 22.4.